The highest BCUT2D eigenvalue weighted by Gasteiger charge is 2.26. The second-order valence-corrected chi connectivity index (χ2v) is 4.59. The van der Waals surface area contributed by atoms with E-state index in [-0.39, 0.29) is 17.7 Å². The van der Waals surface area contributed by atoms with Gasteiger partial charge in [-0.1, -0.05) is 0 Å². The van der Waals surface area contributed by atoms with E-state index in [2.05, 4.69) is 16.5 Å². The average Bonchev–Trinajstić information content (AvgIpc) is 2.93. The van der Waals surface area contributed by atoms with Crippen LogP contribution >= 0.6 is 0 Å². The molecular weight excluding hydrogens is 232 g/mol. The molecule has 18 heavy (non-hydrogen) atoms. The number of ether oxygens (including phenoxy) is 1. The predicted octanol–water partition coefficient (Wildman–Crippen LogP) is 2.08. The molecule has 2 aromatic rings. The first-order chi connectivity index (χ1) is 8.66. The molecule has 1 N–H and O–H groups in total. The van der Waals surface area contributed by atoms with E-state index in [0.29, 0.717) is 5.52 Å². The van der Waals surface area contributed by atoms with Crippen LogP contribution < -0.4 is 0 Å². The molecule has 94 valence electrons. The third-order valence-electron chi connectivity index (χ3n) is 3.52. The molecule has 0 saturated carbocycles. The van der Waals surface area contributed by atoms with Gasteiger partial charge in [-0.2, -0.15) is 0 Å². The molecule has 2 atom stereocenters. The minimum absolute atomic E-state index is 0.168. The van der Waals surface area contributed by atoms with Crippen LogP contribution in [0.2, 0.25) is 0 Å². The lowest BCUT2D eigenvalue weighted by molar-refractivity contribution is 0.0697. The number of carboxylic acids is 1. The van der Waals surface area contributed by atoms with Crippen molar-refractivity contribution in [2.45, 2.75) is 25.5 Å². The van der Waals surface area contributed by atoms with Gasteiger partial charge in [0.2, 0.25) is 0 Å². The molecule has 0 radical (unpaired) electrons. The molecule has 0 spiro atoms. The van der Waals surface area contributed by atoms with Crippen LogP contribution in [0.4, 0.5) is 0 Å². The molecule has 1 aliphatic rings. The number of imidazole rings is 1. The summed E-state index contributed by atoms with van der Waals surface area (Å²) in [6, 6.07) is 5.32. The highest BCUT2D eigenvalue weighted by Crippen LogP contribution is 2.29. The molecule has 1 fully saturated rings. The predicted molar refractivity (Wildman–Crippen MR) is 65.8 cm³/mol. The topological polar surface area (TPSA) is 64.4 Å². The van der Waals surface area contributed by atoms with Gasteiger partial charge >= 0.3 is 5.97 Å². The van der Waals surface area contributed by atoms with Gasteiger partial charge in [0.1, 0.15) is 0 Å². The molecule has 2 heterocycles. The van der Waals surface area contributed by atoms with E-state index < -0.39 is 5.97 Å². The monoisotopic (exact) mass is 246 g/mol. The van der Waals surface area contributed by atoms with Gasteiger partial charge in [-0.3, -0.25) is 0 Å². The van der Waals surface area contributed by atoms with E-state index in [1.165, 1.54) is 0 Å². The lowest BCUT2D eigenvalue weighted by Crippen LogP contribution is -2.15. The fourth-order valence-corrected chi connectivity index (χ4v) is 2.51. The van der Waals surface area contributed by atoms with E-state index >= 15 is 0 Å². The third-order valence-corrected chi connectivity index (χ3v) is 3.52. The molecule has 1 aromatic carbocycles. The number of carbonyl (C=O) groups is 1. The van der Waals surface area contributed by atoms with Crippen LogP contribution in [-0.2, 0) is 4.74 Å². The van der Waals surface area contributed by atoms with Crippen LogP contribution in [-0.4, -0.2) is 33.3 Å². The zero-order valence-electron chi connectivity index (χ0n) is 10.0. The van der Waals surface area contributed by atoms with E-state index in [4.69, 9.17) is 9.84 Å². The third kappa shape index (κ3) is 1.67. The van der Waals surface area contributed by atoms with Crippen LogP contribution in [0.15, 0.2) is 24.5 Å². The van der Waals surface area contributed by atoms with Gasteiger partial charge in [0, 0.05) is 6.61 Å². The zero-order chi connectivity index (χ0) is 12.7. The number of aromatic carboxylic acids is 1. The molecule has 0 bridgehead atoms. The Labute approximate surface area is 104 Å². The Morgan fingerprint density at radius 1 is 1.56 bits per heavy atom. The van der Waals surface area contributed by atoms with Crippen molar-refractivity contribution < 1.29 is 14.6 Å². The second-order valence-electron chi connectivity index (χ2n) is 4.59. The van der Waals surface area contributed by atoms with Gasteiger partial charge in [-0.15, -0.1) is 0 Å². The van der Waals surface area contributed by atoms with Crippen molar-refractivity contribution in [1.29, 1.82) is 0 Å². The Hall–Kier alpha value is -1.88. The lowest BCUT2D eigenvalue weighted by atomic mass is 10.1. The summed E-state index contributed by atoms with van der Waals surface area (Å²) in [6.45, 7) is 2.81. The SMILES string of the molecule is CC1OCCC1n1cnc2cc(C(=O)O)ccc21. The minimum Gasteiger partial charge on any atom is -0.478 e. The van der Waals surface area contributed by atoms with Crippen molar-refractivity contribution in [3.05, 3.63) is 30.1 Å². The Morgan fingerprint density at radius 3 is 3.06 bits per heavy atom. The smallest absolute Gasteiger partial charge is 0.335 e. The van der Waals surface area contributed by atoms with Crippen LogP contribution in [0.5, 0.6) is 0 Å². The summed E-state index contributed by atoms with van der Waals surface area (Å²) in [4.78, 5) is 15.2. The second kappa shape index (κ2) is 4.10. The molecular formula is C13H14N2O3. The maximum atomic E-state index is 10.9. The highest BCUT2D eigenvalue weighted by atomic mass is 16.5. The number of fused-ring (bicyclic) bond motifs is 1. The van der Waals surface area contributed by atoms with E-state index in [1.54, 1.807) is 18.5 Å². The maximum absolute atomic E-state index is 10.9. The van der Waals surface area contributed by atoms with Gasteiger partial charge in [0.25, 0.3) is 0 Å². The summed E-state index contributed by atoms with van der Waals surface area (Å²) in [5, 5.41) is 8.95. The summed E-state index contributed by atoms with van der Waals surface area (Å²) < 4.78 is 7.64. The first kappa shape index (κ1) is 11.2. The quantitative estimate of drug-likeness (QED) is 0.881. The summed E-state index contributed by atoms with van der Waals surface area (Å²) in [6.07, 6.45) is 2.90. The lowest BCUT2D eigenvalue weighted by Gasteiger charge is -2.16. The van der Waals surface area contributed by atoms with Crippen molar-refractivity contribution in [1.82, 2.24) is 9.55 Å². The molecule has 1 aliphatic heterocycles. The normalized spacial score (nSPS) is 23.6. The molecule has 1 saturated heterocycles. The van der Waals surface area contributed by atoms with E-state index in [0.717, 1.165) is 18.5 Å². The van der Waals surface area contributed by atoms with Crippen molar-refractivity contribution >= 4 is 17.0 Å². The number of hydrogen-bond acceptors (Lipinski definition) is 3. The number of carboxylic acid groups (broad SMARTS) is 1. The van der Waals surface area contributed by atoms with Crippen LogP contribution in [0, 0.1) is 0 Å². The summed E-state index contributed by atoms with van der Waals surface area (Å²) >= 11 is 0. The molecule has 2 unspecified atom stereocenters. The van der Waals surface area contributed by atoms with Crippen molar-refractivity contribution in [2.75, 3.05) is 6.61 Å². The molecule has 0 aliphatic carbocycles. The van der Waals surface area contributed by atoms with E-state index in [9.17, 15) is 4.79 Å². The Morgan fingerprint density at radius 2 is 2.39 bits per heavy atom. The van der Waals surface area contributed by atoms with Gasteiger partial charge in [-0.25, -0.2) is 9.78 Å². The van der Waals surface area contributed by atoms with E-state index in [1.807, 2.05) is 6.07 Å². The van der Waals surface area contributed by atoms with Gasteiger partial charge < -0.3 is 14.4 Å². The van der Waals surface area contributed by atoms with Gasteiger partial charge in [-0.05, 0) is 31.5 Å². The summed E-state index contributed by atoms with van der Waals surface area (Å²) in [5.74, 6) is -0.927. The minimum atomic E-state index is -0.927. The van der Waals surface area contributed by atoms with Crippen LogP contribution in [0.25, 0.3) is 11.0 Å². The summed E-state index contributed by atoms with van der Waals surface area (Å²) in [5.41, 5.74) is 1.94. The van der Waals surface area contributed by atoms with Gasteiger partial charge in [0.05, 0.1) is 35.1 Å². The number of rotatable bonds is 2. The maximum Gasteiger partial charge on any atom is 0.335 e. The Bertz CT molecular complexity index is 605. The van der Waals surface area contributed by atoms with Crippen molar-refractivity contribution in [3.63, 3.8) is 0 Å². The average molecular weight is 246 g/mol. The number of nitrogens with zero attached hydrogens (tertiary/aromatic N) is 2. The molecule has 3 rings (SSSR count). The van der Waals surface area contributed by atoms with Crippen LogP contribution in [0.1, 0.15) is 29.7 Å². The number of benzene rings is 1. The fraction of sp³-hybridized carbons (Fsp3) is 0.385. The number of aromatic nitrogens is 2. The Balaban J connectivity index is 2.07. The first-order valence-electron chi connectivity index (χ1n) is 5.98. The first-order valence-corrected chi connectivity index (χ1v) is 5.98. The number of hydrogen-bond donors (Lipinski definition) is 1. The Kier molecular flexibility index (Phi) is 2.56. The highest BCUT2D eigenvalue weighted by molar-refractivity contribution is 5.92. The van der Waals surface area contributed by atoms with Crippen LogP contribution in [0.3, 0.4) is 0 Å². The van der Waals surface area contributed by atoms with Crippen molar-refractivity contribution in [2.24, 2.45) is 0 Å². The summed E-state index contributed by atoms with van der Waals surface area (Å²) in [7, 11) is 0. The standard InChI is InChI=1S/C13H14N2O3/c1-8-11(4-5-18-8)15-7-14-10-6-9(13(16)17)2-3-12(10)15/h2-3,6-8,11H,4-5H2,1H3,(H,16,17). The zero-order valence-corrected chi connectivity index (χ0v) is 10.0. The fourth-order valence-electron chi connectivity index (χ4n) is 2.51. The molecule has 0 amide bonds. The molecule has 5 heteroatoms. The largest absolute Gasteiger partial charge is 0.478 e. The van der Waals surface area contributed by atoms with Gasteiger partial charge in [0.15, 0.2) is 0 Å². The molecule has 1 aromatic heterocycles. The molecule has 5 nitrogen and oxygen atoms in total. The van der Waals surface area contributed by atoms with Crippen molar-refractivity contribution in [3.8, 4) is 0 Å².